The van der Waals surface area contributed by atoms with E-state index in [1.807, 2.05) is 6.07 Å². The van der Waals surface area contributed by atoms with Gasteiger partial charge in [0.25, 0.3) is 0 Å². The van der Waals surface area contributed by atoms with Crippen molar-refractivity contribution in [3.63, 3.8) is 0 Å². The highest BCUT2D eigenvalue weighted by atomic mass is 16.7. The molecule has 0 N–H and O–H groups in total. The van der Waals surface area contributed by atoms with Gasteiger partial charge in [-0.3, -0.25) is 0 Å². The zero-order valence-electron chi connectivity index (χ0n) is 14.7. The van der Waals surface area contributed by atoms with Gasteiger partial charge < -0.3 is 14.0 Å². The van der Waals surface area contributed by atoms with Gasteiger partial charge in [0, 0.05) is 0 Å². The summed E-state index contributed by atoms with van der Waals surface area (Å²) in [6.45, 7) is 9.08. The van der Waals surface area contributed by atoms with Gasteiger partial charge in [0.15, 0.2) is 0 Å². The predicted octanol–water partition coefficient (Wildman–Crippen LogP) is 4.31. The van der Waals surface area contributed by atoms with Crippen molar-refractivity contribution in [2.75, 3.05) is 0 Å². The Morgan fingerprint density at radius 3 is 2.30 bits per heavy atom. The summed E-state index contributed by atoms with van der Waals surface area (Å²) >= 11 is 0. The maximum atomic E-state index is 6.14. The zero-order valence-corrected chi connectivity index (χ0v) is 14.7. The van der Waals surface area contributed by atoms with Crippen LogP contribution in [0.25, 0.3) is 0 Å². The van der Waals surface area contributed by atoms with E-state index in [1.54, 1.807) is 0 Å². The molecule has 0 saturated carbocycles. The van der Waals surface area contributed by atoms with Crippen LogP contribution in [-0.2, 0) is 20.7 Å². The van der Waals surface area contributed by atoms with Crippen LogP contribution in [0.4, 0.5) is 0 Å². The molecule has 1 atom stereocenters. The van der Waals surface area contributed by atoms with E-state index < -0.39 is 0 Å². The minimum atomic E-state index is -0.265. The Morgan fingerprint density at radius 1 is 1.09 bits per heavy atom. The molecule has 0 spiro atoms. The van der Waals surface area contributed by atoms with Crippen LogP contribution in [0.2, 0.25) is 0 Å². The summed E-state index contributed by atoms with van der Waals surface area (Å²) in [6, 6.07) is 10.3. The number of hydrogen-bond donors (Lipinski definition) is 0. The molecule has 1 aromatic carbocycles. The van der Waals surface area contributed by atoms with Gasteiger partial charge in [-0.25, -0.2) is 0 Å². The van der Waals surface area contributed by atoms with E-state index >= 15 is 0 Å². The van der Waals surface area contributed by atoms with Gasteiger partial charge in [0.05, 0.1) is 23.9 Å². The lowest BCUT2D eigenvalue weighted by Gasteiger charge is -2.32. The first-order chi connectivity index (χ1) is 10.9. The molecule has 4 heteroatoms. The second-order valence-corrected chi connectivity index (χ2v) is 7.56. The van der Waals surface area contributed by atoms with Crippen LogP contribution in [0.5, 0.6) is 0 Å². The molecular weight excluding hydrogens is 287 g/mol. The molecule has 1 aliphatic carbocycles. The summed E-state index contributed by atoms with van der Waals surface area (Å²) in [5.41, 5.74) is 1.97. The van der Waals surface area contributed by atoms with E-state index in [9.17, 15) is 0 Å². The molecule has 23 heavy (non-hydrogen) atoms. The van der Waals surface area contributed by atoms with Crippen LogP contribution in [0, 0.1) is 0 Å². The first-order valence-corrected chi connectivity index (χ1v) is 8.57. The molecule has 0 bridgehead atoms. The summed E-state index contributed by atoms with van der Waals surface area (Å²) in [7, 11) is -0.199. The minimum absolute atomic E-state index is 0.199. The molecule has 124 valence electrons. The lowest BCUT2D eigenvalue weighted by atomic mass is 9.72. The van der Waals surface area contributed by atoms with Crippen molar-refractivity contribution in [3.8, 4) is 0 Å². The Labute approximate surface area is 140 Å². The summed E-state index contributed by atoms with van der Waals surface area (Å²) in [4.78, 5) is 0. The normalized spacial score (nSPS) is 26.2. The fraction of sp³-hybridized carbons (Fsp3) is 0.579. The first-order valence-electron chi connectivity index (χ1n) is 8.57. The van der Waals surface area contributed by atoms with Crippen LogP contribution in [0.3, 0.4) is 0 Å². The van der Waals surface area contributed by atoms with Crippen molar-refractivity contribution in [1.82, 2.24) is 0 Å². The quantitative estimate of drug-likeness (QED) is 0.775. The standard InChI is InChI=1S/C19H27BO3/c1-18(2)19(3,4)23-20(22-18)16-10-12-17(13-11-16)21-14-15-8-6-5-7-9-15/h5-10,17H,11-14H2,1-4H3. The molecule has 3 nitrogen and oxygen atoms in total. The number of hydrogen-bond acceptors (Lipinski definition) is 3. The van der Waals surface area contributed by atoms with E-state index in [4.69, 9.17) is 14.0 Å². The van der Waals surface area contributed by atoms with E-state index in [-0.39, 0.29) is 18.3 Å². The van der Waals surface area contributed by atoms with Crippen LogP contribution in [-0.4, -0.2) is 24.4 Å². The number of ether oxygens (including phenoxy) is 1. The van der Waals surface area contributed by atoms with E-state index in [0.29, 0.717) is 12.7 Å². The Kier molecular flexibility index (Phi) is 4.68. The van der Waals surface area contributed by atoms with Crippen LogP contribution in [0.15, 0.2) is 41.9 Å². The SMILES string of the molecule is CC1(C)OB(C2=CCC(OCc3ccccc3)CC2)OC1(C)C. The topological polar surface area (TPSA) is 27.7 Å². The highest BCUT2D eigenvalue weighted by Gasteiger charge is 2.52. The number of rotatable bonds is 4. The fourth-order valence-electron chi connectivity index (χ4n) is 2.98. The van der Waals surface area contributed by atoms with Crippen LogP contribution >= 0.6 is 0 Å². The molecule has 1 aromatic rings. The van der Waals surface area contributed by atoms with Gasteiger partial charge in [-0.1, -0.05) is 36.4 Å². The largest absolute Gasteiger partial charge is 0.490 e. The number of allylic oxidation sites excluding steroid dienone is 1. The first kappa shape index (κ1) is 16.8. The highest BCUT2D eigenvalue weighted by molar-refractivity contribution is 6.54. The average molecular weight is 314 g/mol. The van der Waals surface area contributed by atoms with Crippen molar-refractivity contribution in [1.29, 1.82) is 0 Å². The maximum Gasteiger partial charge on any atom is 0.490 e. The van der Waals surface area contributed by atoms with Gasteiger partial charge in [0.2, 0.25) is 0 Å². The van der Waals surface area contributed by atoms with E-state index in [0.717, 1.165) is 19.3 Å². The summed E-state index contributed by atoms with van der Waals surface area (Å²) in [5.74, 6) is 0. The van der Waals surface area contributed by atoms with Crippen molar-refractivity contribution in [2.24, 2.45) is 0 Å². The van der Waals surface area contributed by atoms with Crippen LogP contribution < -0.4 is 0 Å². The molecule has 0 radical (unpaired) electrons. The lowest BCUT2D eigenvalue weighted by molar-refractivity contribution is 0.00578. The second kappa shape index (κ2) is 6.42. The van der Waals surface area contributed by atoms with Crippen molar-refractivity contribution in [2.45, 2.75) is 70.9 Å². The van der Waals surface area contributed by atoms with Gasteiger partial charge in [-0.05, 0) is 58.0 Å². The molecule has 2 aliphatic rings. The molecule has 1 saturated heterocycles. The van der Waals surface area contributed by atoms with Crippen molar-refractivity contribution in [3.05, 3.63) is 47.4 Å². The van der Waals surface area contributed by atoms with Crippen molar-refractivity contribution >= 4 is 7.12 Å². The highest BCUT2D eigenvalue weighted by Crippen LogP contribution is 2.40. The van der Waals surface area contributed by atoms with Gasteiger partial charge in [-0.2, -0.15) is 0 Å². The third-order valence-corrected chi connectivity index (χ3v) is 5.28. The third-order valence-electron chi connectivity index (χ3n) is 5.28. The van der Waals surface area contributed by atoms with Gasteiger partial charge in [-0.15, -0.1) is 0 Å². The summed E-state index contributed by atoms with van der Waals surface area (Å²) < 4.78 is 18.3. The monoisotopic (exact) mass is 314 g/mol. The van der Waals surface area contributed by atoms with Crippen LogP contribution in [0.1, 0.15) is 52.5 Å². The van der Waals surface area contributed by atoms with E-state index in [2.05, 4.69) is 58.0 Å². The average Bonchev–Trinajstić information content (AvgIpc) is 2.75. The molecule has 0 aromatic heterocycles. The molecule has 1 unspecified atom stereocenters. The van der Waals surface area contributed by atoms with Crippen molar-refractivity contribution < 1.29 is 14.0 Å². The summed E-state index contributed by atoms with van der Waals surface area (Å²) in [6.07, 6.45) is 5.49. The van der Waals surface area contributed by atoms with Gasteiger partial charge in [0.1, 0.15) is 0 Å². The second-order valence-electron chi connectivity index (χ2n) is 7.56. The van der Waals surface area contributed by atoms with Gasteiger partial charge >= 0.3 is 7.12 Å². The zero-order chi connectivity index (χ0) is 16.5. The molecule has 1 fully saturated rings. The Balaban J connectivity index is 1.53. The number of benzene rings is 1. The fourth-order valence-corrected chi connectivity index (χ4v) is 2.98. The molecular formula is C19H27BO3. The predicted molar refractivity (Wildman–Crippen MR) is 93.0 cm³/mol. The Hall–Kier alpha value is -1.10. The van der Waals surface area contributed by atoms with E-state index in [1.165, 1.54) is 11.0 Å². The molecule has 1 aliphatic heterocycles. The molecule has 1 heterocycles. The smallest absolute Gasteiger partial charge is 0.400 e. The third kappa shape index (κ3) is 3.71. The minimum Gasteiger partial charge on any atom is -0.400 e. The maximum absolute atomic E-state index is 6.14. The molecule has 3 rings (SSSR count). The Bertz CT molecular complexity index is 549. The summed E-state index contributed by atoms with van der Waals surface area (Å²) in [5, 5.41) is 0. The molecule has 0 amide bonds. The Morgan fingerprint density at radius 2 is 1.74 bits per heavy atom. The lowest BCUT2D eigenvalue weighted by Crippen LogP contribution is -2.41.